The van der Waals surface area contributed by atoms with Crippen LogP contribution in [0.1, 0.15) is 252 Å². The Morgan fingerprint density at radius 3 is 1.09 bits per heavy atom. The summed E-state index contributed by atoms with van der Waals surface area (Å²) in [6.07, 6.45) is 75.6. The van der Waals surface area contributed by atoms with Gasteiger partial charge in [0, 0.05) is 19.4 Å². The molecule has 0 N–H and O–H groups in total. The van der Waals surface area contributed by atoms with Gasteiger partial charge in [-0.25, -0.2) is 0 Å². The molecule has 0 aliphatic carbocycles. The van der Waals surface area contributed by atoms with Gasteiger partial charge in [0.25, 0.3) is 0 Å². The lowest BCUT2D eigenvalue weighted by atomic mass is 10.1. The number of hydrogen-bond acceptors (Lipinski definition) is 5. The Kier molecular flexibility index (Phi) is 53.4. The zero-order valence-corrected chi connectivity index (χ0v) is 43.4. The summed E-state index contributed by atoms with van der Waals surface area (Å²) in [6.45, 7) is 7.61. The minimum Gasteiger partial charge on any atom is -0.462 e. The van der Waals surface area contributed by atoms with Crippen molar-refractivity contribution in [2.24, 2.45) is 0 Å². The lowest BCUT2D eigenvalue weighted by molar-refractivity contribution is -0.163. The van der Waals surface area contributed by atoms with Gasteiger partial charge in [-0.05, 0) is 122 Å². The summed E-state index contributed by atoms with van der Waals surface area (Å²) in [5.74, 6) is -0.433. The Bertz CT molecular complexity index is 1270. The third kappa shape index (κ3) is 53.4. The van der Waals surface area contributed by atoms with E-state index in [2.05, 4.69) is 118 Å². The van der Waals surface area contributed by atoms with Gasteiger partial charge < -0.3 is 14.2 Å². The number of unbranched alkanes of at least 4 members (excludes halogenated alkanes) is 23. The van der Waals surface area contributed by atoms with Crippen molar-refractivity contribution in [2.75, 3.05) is 19.8 Å². The van der Waals surface area contributed by atoms with E-state index in [4.69, 9.17) is 14.2 Å². The number of ether oxygens (including phenoxy) is 3. The van der Waals surface area contributed by atoms with Crippen molar-refractivity contribution in [2.45, 2.75) is 258 Å². The molecule has 66 heavy (non-hydrogen) atoms. The van der Waals surface area contributed by atoms with Crippen LogP contribution < -0.4 is 0 Å². The van der Waals surface area contributed by atoms with Crippen LogP contribution in [-0.2, 0) is 23.8 Å². The summed E-state index contributed by atoms with van der Waals surface area (Å²) in [6, 6.07) is 0. The molecule has 0 radical (unpaired) electrons. The van der Waals surface area contributed by atoms with Gasteiger partial charge in [0.1, 0.15) is 6.61 Å². The Balaban J connectivity index is 4.36. The Hall–Kier alpha value is -3.18. The number of rotatable bonds is 50. The molecule has 0 heterocycles. The first-order chi connectivity index (χ1) is 32.6. The van der Waals surface area contributed by atoms with Crippen LogP contribution in [0.2, 0.25) is 0 Å². The minimum absolute atomic E-state index is 0.0632. The van der Waals surface area contributed by atoms with E-state index in [1.54, 1.807) is 0 Å². The van der Waals surface area contributed by atoms with Crippen LogP contribution in [0, 0.1) is 0 Å². The van der Waals surface area contributed by atoms with Gasteiger partial charge in [-0.15, -0.1) is 0 Å². The highest BCUT2D eigenvalue weighted by Gasteiger charge is 2.17. The van der Waals surface area contributed by atoms with Crippen molar-refractivity contribution >= 4 is 11.9 Å². The second-order valence-electron chi connectivity index (χ2n) is 18.1. The fraction of sp³-hybridized carbons (Fsp3) is 0.705. The summed E-state index contributed by atoms with van der Waals surface area (Å²) >= 11 is 0. The van der Waals surface area contributed by atoms with Crippen molar-refractivity contribution in [1.82, 2.24) is 0 Å². The molecule has 0 saturated heterocycles. The molecular formula is C61H104O5. The van der Waals surface area contributed by atoms with Crippen molar-refractivity contribution in [1.29, 1.82) is 0 Å². The molecule has 0 aromatic heterocycles. The number of carbonyl (C=O) groups excluding carboxylic acids is 2. The number of hydrogen-bond donors (Lipinski definition) is 0. The van der Waals surface area contributed by atoms with Crippen molar-refractivity contribution < 1.29 is 23.8 Å². The van der Waals surface area contributed by atoms with Gasteiger partial charge in [0.05, 0.1) is 6.61 Å². The normalized spacial score (nSPS) is 13.0. The number of allylic oxidation sites excluding steroid dienone is 16. The Morgan fingerprint density at radius 1 is 0.348 bits per heavy atom. The van der Waals surface area contributed by atoms with E-state index >= 15 is 0 Å². The molecule has 1 atom stereocenters. The molecule has 0 amide bonds. The van der Waals surface area contributed by atoms with Crippen LogP contribution in [0.25, 0.3) is 0 Å². The van der Waals surface area contributed by atoms with Crippen LogP contribution in [0.15, 0.2) is 97.2 Å². The summed E-state index contributed by atoms with van der Waals surface area (Å²) in [5, 5.41) is 0. The summed E-state index contributed by atoms with van der Waals surface area (Å²) in [7, 11) is 0. The molecule has 0 saturated carbocycles. The molecule has 1 unspecified atom stereocenters. The molecule has 0 aliphatic rings. The Labute approximate surface area is 409 Å². The maximum Gasteiger partial charge on any atom is 0.306 e. The molecule has 0 aliphatic heterocycles. The summed E-state index contributed by atoms with van der Waals surface area (Å²) in [5.41, 5.74) is 0. The third-order valence-corrected chi connectivity index (χ3v) is 11.6. The van der Waals surface area contributed by atoms with Crippen LogP contribution in [0.3, 0.4) is 0 Å². The molecule has 0 aromatic carbocycles. The summed E-state index contributed by atoms with van der Waals surface area (Å²) in [4.78, 5) is 25.5. The number of esters is 2. The van der Waals surface area contributed by atoms with Gasteiger partial charge in [0.2, 0.25) is 0 Å². The Morgan fingerprint density at radius 2 is 0.682 bits per heavy atom. The van der Waals surface area contributed by atoms with E-state index in [1.165, 1.54) is 116 Å². The summed E-state index contributed by atoms with van der Waals surface area (Å²) < 4.78 is 17.4. The first-order valence-electron chi connectivity index (χ1n) is 27.8. The van der Waals surface area contributed by atoms with E-state index in [1.807, 2.05) is 0 Å². The SMILES string of the molecule is CC/C=C\C/C=C\C/C=C\C/C=C\CCCCCCCOCC(COC(=O)CCCCCCCCC/C=C\C/C=C\CCCCC)OC(=O)CCCCCCC/C=C\C/C=C\CCCCC. The maximum atomic E-state index is 12.8. The van der Waals surface area contributed by atoms with E-state index in [-0.39, 0.29) is 25.2 Å². The van der Waals surface area contributed by atoms with E-state index in [0.717, 1.165) is 103 Å². The first kappa shape index (κ1) is 62.8. The molecule has 0 fully saturated rings. The molecular weight excluding hydrogens is 813 g/mol. The standard InChI is InChI=1S/C61H104O5/c1-4-7-10-13-16-19-22-25-28-30-32-35-38-41-44-47-50-53-56-64-57-59(66-61(63)55-52-49-46-43-40-37-33-27-24-21-18-15-12-9-6-3)58-65-60(62)54-51-48-45-42-39-36-34-31-29-26-23-20-17-14-11-8-5-2/h7,10,16-21,25-29,32-33,35,59H,4-6,8-9,11-15,22-24,30-31,34,36-58H2,1-3H3/b10-7-,19-16-,20-17-,21-18-,28-25-,29-26-,33-27-,35-32-. The molecule has 5 heteroatoms. The topological polar surface area (TPSA) is 61.8 Å². The minimum atomic E-state index is -0.563. The average molecular weight is 917 g/mol. The first-order valence-corrected chi connectivity index (χ1v) is 27.8. The quantitative estimate of drug-likeness (QED) is 0.0346. The lowest BCUT2D eigenvalue weighted by Gasteiger charge is -2.18. The second-order valence-corrected chi connectivity index (χ2v) is 18.1. The zero-order valence-electron chi connectivity index (χ0n) is 43.4. The highest BCUT2D eigenvalue weighted by molar-refractivity contribution is 5.70. The van der Waals surface area contributed by atoms with Gasteiger partial charge in [-0.2, -0.15) is 0 Å². The van der Waals surface area contributed by atoms with E-state index in [0.29, 0.717) is 19.4 Å². The van der Waals surface area contributed by atoms with Crippen LogP contribution >= 0.6 is 0 Å². The third-order valence-electron chi connectivity index (χ3n) is 11.6. The van der Waals surface area contributed by atoms with Gasteiger partial charge in [-0.3, -0.25) is 9.59 Å². The fourth-order valence-electron chi connectivity index (χ4n) is 7.44. The smallest absolute Gasteiger partial charge is 0.306 e. The van der Waals surface area contributed by atoms with Crippen LogP contribution in [0.5, 0.6) is 0 Å². The largest absolute Gasteiger partial charge is 0.462 e. The average Bonchev–Trinajstić information content (AvgIpc) is 3.32. The molecule has 0 rings (SSSR count). The fourth-order valence-corrected chi connectivity index (χ4v) is 7.44. The van der Waals surface area contributed by atoms with Gasteiger partial charge in [-0.1, -0.05) is 214 Å². The predicted molar refractivity (Wildman–Crippen MR) is 288 cm³/mol. The van der Waals surface area contributed by atoms with Gasteiger partial charge >= 0.3 is 11.9 Å². The molecule has 0 bridgehead atoms. The van der Waals surface area contributed by atoms with Crippen molar-refractivity contribution in [3.63, 3.8) is 0 Å². The van der Waals surface area contributed by atoms with Crippen LogP contribution in [-0.4, -0.2) is 37.9 Å². The van der Waals surface area contributed by atoms with Crippen LogP contribution in [0.4, 0.5) is 0 Å². The highest BCUT2D eigenvalue weighted by atomic mass is 16.6. The lowest BCUT2D eigenvalue weighted by Crippen LogP contribution is -2.30. The monoisotopic (exact) mass is 917 g/mol. The van der Waals surface area contributed by atoms with Crippen molar-refractivity contribution in [3.05, 3.63) is 97.2 Å². The predicted octanol–water partition coefficient (Wildman–Crippen LogP) is 19.0. The highest BCUT2D eigenvalue weighted by Crippen LogP contribution is 2.13. The molecule has 0 aromatic rings. The maximum absolute atomic E-state index is 12.8. The van der Waals surface area contributed by atoms with Gasteiger partial charge in [0.15, 0.2) is 6.10 Å². The molecule has 0 spiro atoms. The second kappa shape index (κ2) is 56.1. The zero-order chi connectivity index (χ0) is 47.7. The van der Waals surface area contributed by atoms with E-state index in [9.17, 15) is 9.59 Å². The molecule has 378 valence electrons. The van der Waals surface area contributed by atoms with E-state index < -0.39 is 6.10 Å². The molecule has 5 nitrogen and oxygen atoms in total. The number of carbonyl (C=O) groups is 2. The van der Waals surface area contributed by atoms with Crippen molar-refractivity contribution in [3.8, 4) is 0 Å².